The molecule has 0 aliphatic rings. The fraction of sp³-hybridized carbons (Fsp3) is 0.929. The molecule has 5 N–H and O–H groups in total. The summed E-state index contributed by atoms with van der Waals surface area (Å²) in [7, 11) is 0. The monoisotopic (exact) mass is 682 g/mol. The van der Waals surface area contributed by atoms with Gasteiger partial charge in [0.05, 0.1) is 18.8 Å². The number of amides is 1. The van der Waals surface area contributed by atoms with E-state index in [2.05, 4.69) is 31.3 Å². The Balaban J connectivity index is 3.64. The first kappa shape index (κ1) is 47.0. The van der Waals surface area contributed by atoms with Crippen LogP contribution in [0, 0.1) is 0 Å². The predicted molar refractivity (Wildman–Crippen MR) is 205 cm³/mol. The van der Waals surface area contributed by atoms with Crippen LogP contribution in [-0.4, -0.2) is 57.3 Å². The number of rotatable bonds is 38. The maximum absolute atomic E-state index is 12.4. The summed E-state index contributed by atoms with van der Waals surface area (Å²) in [5.41, 5.74) is 0. The van der Waals surface area contributed by atoms with Gasteiger partial charge in [0.15, 0.2) is 0 Å². The van der Waals surface area contributed by atoms with Gasteiger partial charge in [0.2, 0.25) is 5.91 Å². The zero-order valence-electron chi connectivity index (χ0n) is 32.0. The molecule has 0 aromatic heterocycles. The van der Waals surface area contributed by atoms with E-state index in [1.807, 2.05) is 0 Å². The summed E-state index contributed by atoms with van der Waals surface area (Å²) in [6.07, 6.45) is 39.8. The third kappa shape index (κ3) is 31.1. The molecule has 0 saturated carbocycles. The minimum atomic E-state index is -1.26. The molecule has 0 fully saturated rings. The summed E-state index contributed by atoms with van der Waals surface area (Å²) in [5, 5.41) is 43.4. The molecule has 0 aliphatic carbocycles. The molecule has 48 heavy (non-hydrogen) atoms. The van der Waals surface area contributed by atoms with Crippen molar-refractivity contribution in [2.75, 3.05) is 6.61 Å². The van der Waals surface area contributed by atoms with Gasteiger partial charge in [0, 0.05) is 0 Å². The molecule has 0 bridgehead atoms. The summed E-state index contributed by atoms with van der Waals surface area (Å²) in [4.78, 5) is 12.4. The summed E-state index contributed by atoms with van der Waals surface area (Å²) in [6.45, 7) is 3.99. The van der Waals surface area contributed by atoms with Gasteiger partial charge in [-0.25, -0.2) is 0 Å². The van der Waals surface area contributed by atoms with Gasteiger partial charge in [-0.05, 0) is 32.1 Å². The molecule has 0 saturated heterocycles. The third-order valence-electron chi connectivity index (χ3n) is 9.98. The van der Waals surface area contributed by atoms with Gasteiger partial charge in [-0.15, -0.1) is 0 Å². The van der Waals surface area contributed by atoms with Crippen molar-refractivity contribution < 1.29 is 25.2 Å². The van der Waals surface area contributed by atoms with Crippen molar-refractivity contribution in [1.82, 2.24) is 5.32 Å². The second-order valence-electron chi connectivity index (χ2n) is 14.7. The summed E-state index contributed by atoms with van der Waals surface area (Å²) in [5.74, 6) is -0.598. The Morgan fingerprint density at radius 1 is 0.500 bits per heavy atom. The van der Waals surface area contributed by atoms with Crippen LogP contribution in [0.5, 0.6) is 0 Å². The standard InChI is InChI=1S/C42H83NO5/c1-3-5-7-9-11-13-14-15-16-17-18-19-20-21-22-23-24-25-26-28-29-31-33-35-39(45)41(47)38(37-44)43-42(48)40(46)36-34-32-30-27-12-10-8-6-4-2/h10,12,38-41,44-47H,3-9,11,13-37H2,1-2H3,(H,43,48)/b12-10-. The number of hydrogen-bond acceptors (Lipinski definition) is 5. The average Bonchev–Trinajstić information content (AvgIpc) is 3.09. The van der Waals surface area contributed by atoms with Crippen molar-refractivity contribution in [3.05, 3.63) is 12.2 Å². The van der Waals surface area contributed by atoms with Crippen molar-refractivity contribution in [3.8, 4) is 0 Å². The van der Waals surface area contributed by atoms with E-state index in [1.165, 1.54) is 141 Å². The molecular weight excluding hydrogens is 598 g/mol. The van der Waals surface area contributed by atoms with E-state index in [0.29, 0.717) is 12.8 Å². The van der Waals surface area contributed by atoms with Crippen LogP contribution in [0.4, 0.5) is 0 Å². The lowest BCUT2D eigenvalue weighted by Crippen LogP contribution is -2.53. The Bertz CT molecular complexity index is 687. The fourth-order valence-electron chi connectivity index (χ4n) is 6.56. The average molecular weight is 682 g/mol. The number of unbranched alkanes of at least 4 members (excludes halogenated alkanes) is 27. The van der Waals surface area contributed by atoms with Crippen LogP contribution in [0.2, 0.25) is 0 Å². The van der Waals surface area contributed by atoms with Crippen LogP contribution >= 0.6 is 0 Å². The number of carbonyl (C=O) groups is 1. The molecule has 0 radical (unpaired) electrons. The molecule has 6 nitrogen and oxygen atoms in total. The lowest BCUT2D eigenvalue weighted by atomic mass is 9.99. The lowest BCUT2D eigenvalue weighted by Gasteiger charge is -2.27. The van der Waals surface area contributed by atoms with Crippen LogP contribution in [-0.2, 0) is 4.79 Å². The van der Waals surface area contributed by atoms with Crippen LogP contribution < -0.4 is 5.32 Å². The maximum Gasteiger partial charge on any atom is 0.249 e. The highest BCUT2D eigenvalue weighted by Crippen LogP contribution is 2.17. The lowest BCUT2D eigenvalue weighted by molar-refractivity contribution is -0.132. The van der Waals surface area contributed by atoms with E-state index in [1.54, 1.807) is 0 Å². The smallest absolute Gasteiger partial charge is 0.249 e. The van der Waals surface area contributed by atoms with E-state index < -0.39 is 36.9 Å². The largest absolute Gasteiger partial charge is 0.394 e. The molecular formula is C42H83NO5. The second-order valence-corrected chi connectivity index (χ2v) is 14.7. The minimum absolute atomic E-state index is 0.349. The zero-order valence-corrected chi connectivity index (χ0v) is 32.0. The van der Waals surface area contributed by atoms with Gasteiger partial charge >= 0.3 is 0 Å². The van der Waals surface area contributed by atoms with Gasteiger partial charge in [-0.2, -0.15) is 0 Å². The van der Waals surface area contributed by atoms with Gasteiger partial charge in [-0.3, -0.25) is 4.79 Å². The van der Waals surface area contributed by atoms with Crippen molar-refractivity contribution in [3.63, 3.8) is 0 Å². The van der Waals surface area contributed by atoms with Crippen molar-refractivity contribution in [1.29, 1.82) is 0 Å². The fourth-order valence-corrected chi connectivity index (χ4v) is 6.56. The molecule has 0 rings (SSSR count). The second kappa shape index (κ2) is 37.3. The maximum atomic E-state index is 12.4. The number of aliphatic hydroxyl groups excluding tert-OH is 4. The molecule has 0 aromatic carbocycles. The number of aliphatic hydroxyl groups is 4. The Hall–Kier alpha value is -0.950. The molecule has 6 heteroatoms. The third-order valence-corrected chi connectivity index (χ3v) is 9.98. The SMILES string of the molecule is CCCC/C=C\CCCCCC(O)C(=O)NC(CO)C(O)C(O)CCCCCCCCCCCCCCCCCCCCCCCCC. The Morgan fingerprint density at radius 3 is 1.27 bits per heavy atom. The summed E-state index contributed by atoms with van der Waals surface area (Å²) >= 11 is 0. The summed E-state index contributed by atoms with van der Waals surface area (Å²) in [6, 6.07) is -0.986. The van der Waals surface area contributed by atoms with Gasteiger partial charge in [-0.1, -0.05) is 199 Å². The first-order valence-electron chi connectivity index (χ1n) is 21.1. The van der Waals surface area contributed by atoms with E-state index in [0.717, 1.165) is 51.4 Å². The van der Waals surface area contributed by atoms with E-state index in [-0.39, 0.29) is 0 Å². The van der Waals surface area contributed by atoms with E-state index >= 15 is 0 Å². The molecule has 0 aromatic rings. The highest BCUT2D eigenvalue weighted by atomic mass is 16.3. The van der Waals surface area contributed by atoms with Crippen LogP contribution in [0.15, 0.2) is 12.2 Å². The normalized spacial score (nSPS) is 14.4. The number of allylic oxidation sites excluding steroid dienone is 2. The van der Waals surface area contributed by atoms with Gasteiger partial charge < -0.3 is 25.7 Å². The quantitative estimate of drug-likeness (QED) is 0.0329. The first-order valence-corrected chi connectivity index (χ1v) is 21.1. The Labute approximate surface area is 298 Å². The number of hydrogen-bond donors (Lipinski definition) is 5. The van der Waals surface area contributed by atoms with Crippen molar-refractivity contribution in [2.24, 2.45) is 0 Å². The van der Waals surface area contributed by atoms with Crippen LogP contribution in [0.3, 0.4) is 0 Å². The Kier molecular flexibility index (Phi) is 36.6. The van der Waals surface area contributed by atoms with E-state index in [9.17, 15) is 25.2 Å². The molecule has 0 aliphatic heterocycles. The van der Waals surface area contributed by atoms with Crippen LogP contribution in [0.1, 0.15) is 219 Å². The van der Waals surface area contributed by atoms with Crippen molar-refractivity contribution >= 4 is 5.91 Å². The molecule has 0 spiro atoms. The highest BCUT2D eigenvalue weighted by Gasteiger charge is 2.28. The molecule has 1 amide bonds. The van der Waals surface area contributed by atoms with E-state index in [4.69, 9.17) is 0 Å². The van der Waals surface area contributed by atoms with Crippen molar-refractivity contribution in [2.45, 2.75) is 244 Å². The highest BCUT2D eigenvalue weighted by molar-refractivity contribution is 5.80. The molecule has 4 unspecified atom stereocenters. The van der Waals surface area contributed by atoms with Gasteiger partial charge in [0.25, 0.3) is 0 Å². The van der Waals surface area contributed by atoms with Gasteiger partial charge in [0.1, 0.15) is 12.2 Å². The number of carbonyl (C=O) groups excluding carboxylic acids is 1. The minimum Gasteiger partial charge on any atom is -0.394 e. The zero-order chi connectivity index (χ0) is 35.3. The predicted octanol–water partition coefficient (Wildman–Crippen LogP) is 10.6. The number of nitrogens with one attached hydrogen (secondary N) is 1. The molecule has 4 atom stereocenters. The van der Waals surface area contributed by atoms with Crippen LogP contribution in [0.25, 0.3) is 0 Å². The first-order chi connectivity index (χ1) is 23.5. The summed E-state index contributed by atoms with van der Waals surface area (Å²) < 4.78 is 0. The Morgan fingerprint density at radius 2 is 0.854 bits per heavy atom. The molecule has 0 heterocycles. The molecule has 286 valence electrons. The topological polar surface area (TPSA) is 110 Å².